The fraction of sp³-hybridized carbons (Fsp3) is 0.0455. The lowest BCUT2D eigenvalue weighted by Gasteiger charge is -2.28. The van der Waals surface area contributed by atoms with Crippen molar-refractivity contribution >= 4 is 92.5 Å². The third-order valence-corrected chi connectivity index (χ3v) is 10.1. The SMILES string of the molecule is Cc1ccc(N(c2ccc(C)cc2)c2ccc3c4ccc5c6cccc7cccc(c8ccc(c9cccc2c93)c4c85)c76)cc1. The van der Waals surface area contributed by atoms with Crippen LogP contribution in [0.1, 0.15) is 11.1 Å². The number of rotatable bonds is 3. The maximum absolute atomic E-state index is 2.41. The molecule has 10 rings (SSSR count). The fourth-order valence-corrected chi connectivity index (χ4v) is 8.03. The Bertz CT molecular complexity index is 2610. The summed E-state index contributed by atoms with van der Waals surface area (Å²) in [6.07, 6.45) is 0. The number of benzene rings is 10. The van der Waals surface area contributed by atoms with Crippen molar-refractivity contribution in [3.63, 3.8) is 0 Å². The van der Waals surface area contributed by atoms with E-state index in [9.17, 15) is 0 Å². The average Bonchev–Trinajstić information content (AvgIpc) is 3.08. The van der Waals surface area contributed by atoms with Crippen LogP contribution in [0.25, 0.3) is 75.4 Å². The molecule has 0 saturated carbocycles. The molecule has 1 nitrogen and oxygen atoms in total. The molecule has 1 heteroatoms. The Kier molecular flexibility index (Phi) is 4.91. The second-order valence-corrected chi connectivity index (χ2v) is 12.6. The number of fused-ring (bicyclic) bond motifs is 4. The van der Waals surface area contributed by atoms with E-state index in [1.165, 1.54) is 92.2 Å². The summed E-state index contributed by atoms with van der Waals surface area (Å²) in [5.41, 5.74) is 6.03. The molecule has 0 saturated heterocycles. The highest BCUT2D eigenvalue weighted by Crippen LogP contribution is 2.49. The second-order valence-electron chi connectivity index (χ2n) is 12.6. The lowest BCUT2D eigenvalue weighted by molar-refractivity contribution is 1.28. The van der Waals surface area contributed by atoms with Gasteiger partial charge < -0.3 is 4.90 Å². The molecule has 0 spiro atoms. The third kappa shape index (κ3) is 3.33. The monoisotopic (exact) mass is 571 g/mol. The summed E-state index contributed by atoms with van der Waals surface area (Å²) < 4.78 is 0. The topological polar surface area (TPSA) is 3.24 Å². The van der Waals surface area contributed by atoms with Gasteiger partial charge in [-0.05, 0) is 114 Å². The molecule has 0 aliphatic rings. The molecular weight excluding hydrogens is 542 g/mol. The molecule has 0 bridgehead atoms. The van der Waals surface area contributed by atoms with E-state index in [1.807, 2.05) is 0 Å². The summed E-state index contributed by atoms with van der Waals surface area (Å²) in [6.45, 7) is 4.30. The number of hydrogen-bond donors (Lipinski definition) is 0. The largest absolute Gasteiger partial charge is 0.310 e. The number of nitrogens with zero attached hydrogens (tertiary/aromatic N) is 1. The van der Waals surface area contributed by atoms with Gasteiger partial charge in [0.15, 0.2) is 0 Å². The third-order valence-electron chi connectivity index (χ3n) is 10.1. The molecule has 0 fully saturated rings. The van der Waals surface area contributed by atoms with Crippen molar-refractivity contribution < 1.29 is 0 Å². The molecular formula is C44H29N. The molecule has 45 heavy (non-hydrogen) atoms. The Balaban J connectivity index is 1.34. The van der Waals surface area contributed by atoms with Crippen LogP contribution in [0.4, 0.5) is 17.1 Å². The van der Waals surface area contributed by atoms with Gasteiger partial charge in [0, 0.05) is 16.8 Å². The zero-order valence-electron chi connectivity index (χ0n) is 25.2. The number of hydrogen-bond acceptors (Lipinski definition) is 1. The van der Waals surface area contributed by atoms with Crippen molar-refractivity contribution in [2.24, 2.45) is 0 Å². The van der Waals surface area contributed by atoms with Crippen LogP contribution in [-0.4, -0.2) is 0 Å². The summed E-state index contributed by atoms with van der Waals surface area (Å²) >= 11 is 0. The van der Waals surface area contributed by atoms with Crippen LogP contribution in [0.5, 0.6) is 0 Å². The van der Waals surface area contributed by atoms with Gasteiger partial charge in [-0.15, -0.1) is 0 Å². The Labute approximate surface area is 261 Å². The lowest BCUT2D eigenvalue weighted by Crippen LogP contribution is -2.10. The molecule has 10 aromatic carbocycles. The smallest absolute Gasteiger partial charge is 0.0540 e. The van der Waals surface area contributed by atoms with Crippen LogP contribution in [0, 0.1) is 13.8 Å². The van der Waals surface area contributed by atoms with Crippen LogP contribution in [0.2, 0.25) is 0 Å². The van der Waals surface area contributed by atoms with Crippen LogP contribution < -0.4 is 4.90 Å². The summed E-state index contributed by atoms with van der Waals surface area (Å²) in [4.78, 5) is 2.41. The Morgan fingerprint density at radius 3 is 1.20 bits per heavy atom. The van der Waals surface area contributed by atoms with Crippen molar-refractivity contribution in [1.82, 2.24) is 0 Å². The molecule has 0 N–H and O–H groups in total. The van der Waals surface area contributed by atoms with Crippen molar-refractivity contribution in [2.45, 2.75) is 13.8 Å². The van der Waals surface area contributed by atoms with E-state index in [0.29, 0.717) is 0 Å². The molecule has 0 unspecified atom stereocenters. The van der Waals surface area contributed by atoms with Gasteiger partial charge >= 0.3 is 0 Å². The van der Waals surface area contributed by atoms with E-state index >= 15 is 0 Å². The maximum Gasteiger partial charge on any atom is 0.0540 e. The number of anilines is 3. The van der Waals surface area contributed by atoms with Crippen molar-refractivity contribution in [1.29, 1.82) is 0 Å². The maximum atomic E-state index is 2.41. The minimum Gasteiger partial charge on any atom is -0.310 e. The van der Waals surface area contributed by atoms with Crippen LogP contribution in [0.3, 0.4) is 0 Å². The molecule has 0 aliphatic carbocycles. The minimum absolute atomic E-state index is 1.16. The summed E-state index contributed by atoms with van der Waals surface area (Å²) in [5.74, 6) is 0. The van der Waals surface area contributed by atoms with Gasteiger partial charge in [-0.1, -0.05) is 120 Å². The molecule has 0 aliphatic heterocycles. The fourth-order valence-electron chi connectivity index (χ4n) is 8.03. The zero-order chi connectivity index (χ0) is 29.8. The van der Waals surface area contributed by atoms with Crippen LogP contribution >= 0.6 is 0 Å². The standard InChI is InChI=1S/C44H29N/c1-26-12-16-29(17-13-26)45(30-18-14-27(2)15-19-30)40-25-24-34-38-23-21-36-32-9-4-7-28-6-3-8-31(41(28)32)35-20-22-37(44(38)43(35)36)33-10-5-11-39(40)42(33)34/h3-25H,1-2H3. The minimum atomic E-state index is 1.16. The van der Waals surface area contributed by atoms with Crippen LogP contribution in [0.15, 0.2) is 140 Å². The van der Waals surface area contributed by atoms with Gasteiger partial charge in [0.2, 0.25) is 0 Å². The van der Waals surface area contributed by atoms with Gasteiger partial charge in [0.05, 0.1) is 5.69 Å². The first-order valence-electron chi connectivity index (χ1n) is 15.8. The Morgan fingerprint density at radius 1 is 0.311 bits per heavy atom. The van der Waals surface area contributed by atoms with Crippen molar-refractivity contribution in [2.75, 3.05) is 4.90 Å². The van der Waals surface area contributed by atoms with Gasteiger partial charge in [-0.2, -0.15) is 0 Å². The normalized spacial score (nSPS) is 12.2. The Morgan fingerprint density at radius 2 is 0.689 bits per heavy atom. The number of aryl methyl sites for hydroxylation is 2. The molecule has 0 atom stereocenters. The van der Waals surface area contributed by atoms with E-state index in [-0.39, 0.29) is 0 Å². The van der Waals surface area contributed by atoms with Gasteiger partial charge in [0.1, 0.15) is 0 Å². The summed E-state index contributed by atoms with van der Waals surface area (Å²) in [5, 5.41) is 18.6. The highest BCUT2D eigenvalue weighted by molar-refractivity contribution is 6.42. The molecule has 0 radical (unpaired) electrons. The summed E-state index contributed by atoms with van der Waals surface area (Å²) in [6, 6.07) is 52.3. The van der Waals surface area contributed by atoms with E-state index in [0.717, 1.165) is 11.4 Å². The predicted octanol–water partition coefficient (Wildman–Crippen LogP) is 12.7. The van der Waals surface area contributed by atoms with E-state index < -0.39 is 0 Å². The summed E-state index contributed by atoms with van der Waals surface area (Å²) in [7, 11) is 0. The molecule has 0 heterocycles. The van der Waals surface area contributed by atoms with E-state index in [4.69, 9.17) is 0 Å². The van der Waals surface area contributed by atoms with E-state index in [1.54, 1.807) is 0 Å². The first-order chi connectivity index (χ1) is 22.2. The molecule has 0 amide bonds. The lowest BCUT2D eigenvalue weighted by atomic mass is 9.84. The molecule has 210 valence electrons. The van der Waals surface area contributed by atoms with Gasteiger partial charge in [0.25, 0.3) is 0 Å². The second kappa shape index (κ2) is 8.94. The Hall–Kier alpha value is -5.66. The van der Waals surface area contributed by atoms with Crippen molar-refractivity contribution in [3.8, 4) is 0 Å². The van der Waals surface area contributed by atoms with Gasteiger partial charge in [-0.25, -0.2) is 0 Å². The highest BCUT2D eigenvalue weighted by Gasteiger charge is 2.22. The highest BCUT2D eigenvalue weighted by atomic mass is 15.1. The molecule has 10 aromatic rings. The van der Waals surface area contributed by atoms with E-state index in [2.05, 4.69) is 158 Å². The van der Waals surface area contributed by atoms with Crippen LogP contribution in [-0.2, 0) is 0 Å². The van der Waals surface area contributed by atoms with Gasteiger partial charge in [-0.3, -0.25) is 0 Å². The predicted molar refractivity (Wildman–Crippen MR) is 196 cm³/mol. The first-order valence-corrected chi connectivity index (χ1v) is 15.8. The zero-order valence-corrected chi connectivity index (χ0v) is 25.2. The average molecular weight is 572 g/mol. The first kappa shape index (κ1) is 24.7. The van der Waals surface area contributed by atoms with Crippen molar-refractivity contribution in [3.05, 3.63) is 151 Å². The molecule has 0 aromatic heterocycles. The quantitative estimate of drug-likeness (QED) is 0.151.